The zero-order valence-corrected chi connectivity index (χ0v) is 15.1. The first-order chi connectivity index (χ1) is 12.5. The zero-order chi connectivity index (χ0) is 18.7. The minimum absolute atomic E-state index is 0.136. The van der Waals surface area contributed by atoms with Crippen molar-refractivity contribution in [3.63, 3.8) is 0 Å². The second-order valence-corrected chi connectivity index (χ2v) is 6.28. The van der Waals surface area contributed by atoms with E-state index in [-0.39, 0.29) is 30.8 Å². The Morgan fingerprint density at radius 1 is 1.27 bits per heavy atom. The number of nitrogens with one attached hydrogen (secondary N) is 3. The van der Waals surface area contributed by atoms with E-state index in [2.05, 4.69) is 20.8 Å². The van der Waals surface area contributed by atoms with Gasteiger partial charge in [-0.3, -0.25) is 14.7 Å². The van der Waals surface area contributed by atoms with Crippen LogP contribution < -0.4 is 10.6 Å². The van der Waals surface area contributed by atoms with Crippen LogP contribution in [0.5, 0.6) is 0 Å². The van der Waals surface area contributed by atoms with Crippen LogP contribution in [0.1, 0.15) is 47.0 Å². The molecule has 26 heavy (non-hydrogen) atoms. The molecule has 0 saturated carbocycles. The number of aryl methyl sites for hydroxylation is 2. The lowest BCUT2D eigenvalue weighted by Crippen LogP contribution is -2.32. The first kappa shape index (κ1) is 17.7. The second kappa shape index (κ2) is 7.43. The lowest BCUT2D eigenvalue weighted by molar-refractivity contribution is -0.121. The van der Waals surface area contributed by atoms with E-state index >= 15 is 0 Å². The van der Waals surface area contributed by atoms with E-state index in [9.17, 15) is 9.59 Å². The summed E-state index contributed by atoms with van der Waals surface area (Å²) in [7, 11) is 0. The molecule has 1 atom stereocenters. The first-order valence-electron chi connectivity index (χ1n) is 8.53. The third kappa shape index (κ3) is 3.77. The minimum atomic E-state index is -0.301. The molecule has 0 spiro atoms. The highest BCUT2D eigenvalue weighted by Gasteiger charge is 2.16. The van der Waals surface area contributed by atoms with Gasteiger partial charge in [0.1, 0.15) is 11.5 Å². The highest BCUT2D eigenvalue weighted by atomic mass is 16.3. The molecule has 7 heteroatoms. The van der Waals surface area contributed by atoms with Crippen molar-refractivity contribution in [2.75, 3.05) is 6.54 Å². The summed E-state index contributed by atoms with van der Waals surface area (Å²) >= 11 is 0. The fraction of sp³-hybridized carbons (Fsp3) is 0.316. The van der Waals surface area contributed by atoms with Crippen molar-refractivity contribution in [1.29, 1.82) is 0 Å². The summed E-state index contributed by atoms with van der Waals surface area (Å²) in [4.78, 5) is 24.4. The van der Waals surface area contributed by atoms with E-state index in [1.54, 1.807) is 0 Å². The maximum absolute atomic E-state index is 12.3. The molecule has 3 aromatic rings. The van der Waals surface area contributed by atoms with Crippen molar-refractivity contribution in [3.05, 3.63) is 53.1 Å². The minimum Gasteiger partial charge on any atom is -0.466 e. The van der Waals surface area contributed by atoms with Crippen LogP contribution in [-0.4, -0.2) is 28.6 Å². The molecule has 0 fully saturated rings. The fourth-order valence-electron chi connectivity index (χ4n) is 2.98. The van der Waals surface area contributed by atoms with Crippen LogP contribution in [0.2, 0.25) is 0 Å². The number of H-pyrrole nitrogens is 1. The van der Waals surface area contributed by atoms with Crippen molar-refractivity contribution < 1.29 is 14.0 Å². The average Bonchev–Trinajstić information content (AvgIpc) is 3.17. The van der Waals surface area contributed by atoms with Gasteiger partial charge in [-0.25, -0.2) is 0 Å². The average molecular weight is 354 g/mol. The van der Waals surface area contributed by atoms with E-state index in [4.69, 9.17) is 4.42 Å². The van der Waals surface area contributed by atoms with Gasteiger partial charge in [0.2, 0.25) is 5.91 Å². The number of fused-ring (bicyclic) bond motifs is 1. The van der Waals surface area contributed by atoms with Gasteiger partial charge in [-0.1, -0.05) is 18.2 Å². The Bertz CT molecular complexity index is 941. The van der Waals surface area contributed by atoms with E-state index in [1.807, 2.05) is 51.1 Å². The Kier molecular flexibility index (Phi) is 5.06. The number of benzene rings is 1. The van der Waals surface area contributed by atoms with Crippen molar-refractivity contribution in [2.45, 2.75) is 33.2 Å². The Morgan fingerprint density at radius 3 is 2.77 bits per heavy atom. The highest BCUT2D eigenvalue weighted by Crippen LogP contribution is 2.21. The van der Waals surface area contributed by atoms with Gasteiger partial charge in [0.15, 0.2) is 5.69 Å². The van der Waals surface area contributed by atoms with Crippen LogP contribution in [0.4, 0.5) is 0 Å². The predicted molar refractivity (Wildman–Crippen MR) is 97.8 cm³/mol. The predicted octanol–water partition coefficient (Wildman–Crippen LogP) is 2.77. The Morgan fingerprint density at radius 2 is 2.04 bits per heavy atom. The standard InChI is InChI=1S/C19H22N4O3/c1-11-10-15(13(3)26-11)12(2)21-17(24)8-9-20-19(25)18-14-6-4-5-7-16(14)22-23-18/h4-7,10,12H,8-9H2,1-3H3,(H,20,25)(H,21,24)(H,22,23). The van der Waals surface area contributed by atoms with Crippen LogP contribution in [-0.2, 0) is 4.79 Å². The van der Waals surface area contributed by atoms with E-state index in [1.165, 1.54) is 0 Å². The molecule has 0 radical (unpaired) electrons. The van der Waals surface area contributed by atoms with Crippen molar-refractivity contribution in [3.8, 4) is 0 Å². The van der Waals surface area contributed by atoms with Gasteiger partial charge in [0.25, 0.3) is 5.91 Å². The number of nitrogens with zero attached hydrogens (tertiary/aromatic N) is 1. The normalized spacial score (nSPS) is 12.1. The SMILES string of the molecule is Cc1cc(C(C)NC(=O)CCNC(=O)c2n[nH]c3ccccc23)c(C)o1. The van der Waals surface area contributed by atoms with E-state index in [0.29, 0.717) is 5.69 Å². The number of hydrogen-bond acceptors (Lipinski definition) is 4. The first-order valence-corrected chi connectivity index (χ1v) is 8.53. The number of rotatable bonds is 6. The molecule has 2 heterocycles. The molecular formula is C19H22N4O3. The lowest BCUT2D eigenvalue weighted by atomic mass is 10.1. The van der Waals surface area contributed by atoms with Crippen molar-refractivity contribution in [2.24, 2.45) is 0 Å². The molecule has 0 saturated heterocycles. The van der Waals surface area contributed by atoms with Gasteiger partial charge in [0, 0.05) is 23.9 Å². The van der Waals surface area contributed by atoms with E-state index in [0.717, 1.165) is 28.0 Å². The largest absolute Gasteiger partial charge is 0.466 e. The van der Waals surface area contributed by atoms with Crippen LogP contribution in [0.15, 0.2) is 34.7 Å². The summed E-state index contributed by atoms with van der Waals surface area (Å²) in [6.45, 7) is 5.89. The van der Waals surface area contributed by atoms with Crippen molar-refractivity contribution >= 4 is 22.7 Å². The molecule has 3 rings (SSSR count). The molecule has 0 aliphatic carbocycles. The Labute approximate surface area is 151 Å². The quantitative estimate of drug-likeness (QED) is 0.634. The molecule has 136 valence electrons. The van der Waals surface area contributed by atoms with Crippen LogP contribution in [0, 0.1) is 13.8 Å². The molecule has 1 unspecified atom stereocenters. The maximum Gasteiger partial charge on any atom is 0.272 e. The molecule has 3 N–H and O–H groups in total. The van der Waals surface area contributed by atoms with Gasteiger partial charge in [0.05, 0.1) is 11.6 Å². The van der Waals surface area contributed by atoms with Gasteiger partial charge in [-0.05, 0) is 32.9 Å². The topological polar surface area (TPSA) is 100 Å². The van der Waals surface area contributed by atoms with Crippen LogP contribution >= 0.6 is 0 Å². The smallest absolute Gasteiger partial charge is 0.272 e. The number of furan rings is 1. The van der Waals surface area contributed by atoms with Gasteiger partial charge < -0.3 is 15.1 Å². The van der Waals surface area contributed by atoms with E-state index < -0.39 is 0 Å². The number of hydrogen-bond donors (Lipinski definition) is 3. The number of para-hydroxylation sites is 1. The summed E-state index contributed by atoms with van der Waals surface area (Å²) in [5, 5.41) is 13.3. The molecule has 1 aromatic carbocycles. The summed E-state index contributed by atoms with van der Waals surface area (Å²) < 4.78 is 5.49. The molecule has 0 bridgehead atoms. The molecule has 0 aliphatic heterocycles. The van der Waals surface area contributed by atoms with Crippen molar-refractivity contribution in [1.82, 2.24) is 20.8 Å². The number of carbonyl (C=O) groups excluding carboxylic acids is 2. The summed E-state index contributed by atoms with van der Waals surface area (Å²) in [6, 6.07) is 9.18. The molecule has 2 aromatic heterocycles. The monoisotopic (exact) mass is 354 g/mol. The fourth-order valence-corrected chi connectivity index (χ4v) is 2.98. The lowest BCUT2D eigenvalue weighted by Gasteiger charge is -2.13. The summed E-state index contributed by atoms with van der Waals surface area (Å²) in [5.74, 6) is 1.18. The third-order valence-electron chi connectivity index (χ3n) is 4.25. The molecule has 0 aliphatic rings. The zero-order valence-electron chi connectivity index (χ0n) is 15.1. The third-order valence-corrected chi connectivity index (χ3v) is 4.25. The number of aromatic amines is 1. The van der Waals surface area contributed by atoms with Crippen LogP contribution in [0.25, 0.3) is 10.9 Å². The number of amides is 2. The van der Waals surface area contributed by atoms with Gasteiger partial charge in [-0.15, -0.1) is 0 Å². The molecule has 7 nitrogen and oxygen atoms in total. The summed E-state index contributed by atoms with van der Waals surface area (Å²) in [6.07, 6.45) is 0.189. The number of aromatic nitrogens is 2. The molecular weight excluding hydrogens is 332 g/mol. The maximum atomic E-state index is 12.3. The van der Waals surface area contributed by atoms with Crippen LogP contribution in [0.3, 0.4) is 0 Å². The second-order valence-electron chi connectivity index (χ2n) is 6.28. The van der Waals surface area contributed by atoms with Gasteiger partial charge >= 0.3 is 0 Å². The Balaban J connectivity index is 1.50. The number of carbonyl (C=O) groups is 2. The van der Waals surface area contributed by atoms with Gasteiger partial charge in [-0.2, -0.15) is 5.10 Å². The molecule has 2 amide bonds. The summed E-state index contributed by atoms with van der Waals surface area (Å²) in [5.41, 5.74) is 2.09. The highest BCUT2D eigenvalue weighted by molar-refractivity contribution is 6.04. The Hall–Kier alpha value is -3.09.